The Balaban J connectivity index is 1.71. The molecule has 22 heavy (non-hydrogen) atoms. The molecule has 0 aliphatic heterocycles. The third kappa shape index (κ3) is 3.34. The number of allylic oxidation sites excluding steroid dienone is 1. The Morgan fingerprint density at radius 2 is 1.91 bits per heavy atom. The molecule has 1 aliphatic rings. The number of thiophene rings is 1. The van der Waals surface area contributed by atoms with Gasteiger partial charge < -0.3 is 5.32 Å². The minimum atomic E-state index is -0.0907. The van der Waals surface area contributed by atoms with E-state index in [-0.39, 0.29) is 18.1 Å². The number of benzene rings is 1. The zero-order chi connectivity index (χ0) is 15.4. The van der Waals surface area contributed by atoms with Crippen LogP contribution >= 0.6 is 11.3 Å². The van der Waals surface area contributed by atoms with Gasteiger partial charge in [0.2, 0.25) is 5.91 Å². The highest BCUT2D eigenvalue weighted by Crippen LogP contribution is 2.33. The van der Waals surface area contributed by atoms with Crippen molar-refractivity contribution in [3.8, 4) is 0 Å². The smallest absolute Gasteiger partial charge is 0.224 e. The molecule has 4 heteroatoms. The van der Waals surface area contributed by atoms with Crippen LogP contribution in [0.3, 0.4) is 0 Å². The average molecular weight is 311 g/mol. The van der Waals surface area contributed by atoms with Gasteiger partial charge in [-0.15, -0.1) is 11.3 Å². The van der Waals surface area contributed by atoms with Crippen LogP contribution in [-0.4, -0.2) is 11.7 Å². The summed E-state index contributed by atoms with van der Waals surface area (Å²) in [5.74, 6) is 0.0113. The van der Waals surface area contributed by atoms with Crippen LogP contribution in [0, 0.1) is 0 Å². The summed E-state index contributed by atoms with van der Waals surface area (Å²) >= 11 is 1.61. The number of nitrogens with one attached hydrogen (secondary N) is 1. The van der Waals surface area contributed by atoms with Crippen molar-refractivity contribution in [3.63, 3.8) is 0 Å². The second-order valence-corrected chi connectivity index (χ2v) is 6.31. The lowest BCUT2D eigenvalue weighted by Gasteiger charge is -2.07. The largest absolute Gasteiger partial charge is 0.351 e. The third-order valence-corrected chi connectivity index (χ3v) is 4.68. The molecule has 2 aromatic rings. The summed E-state index contributed by atoms with van der Waals surface area (Å²) in [6, 6.07) is 13.8. The van der Waals surface area contributed by atoms with Gasteiger partial charge in [0.1, 0.15) is 0 Å². The summed E-state index contributed by atoms with van der Waals surface area (Å²) in [5, 5.41) is 4.87. The highest BCUT2D eigenvalue weighted by molar-refractivity contribution is 7.09. The molecule has 1 aromatic heterocycles. The van der Waals surface area contributed by atoms with Gasteiger partial charge in [-0.3, -0.25) is 9.59 Å². The van der Waals surface area contributed by atoms with Crippen molar-refractivity contribution in [1.29, 1.82) is 0 Å². The number of Topliss-reactive ketones (excluding diaryl/α,β-unsaturated/α-hetero) is 1. The molecule has 0 saturated carbocycles. The lowest BCUT2D eigenvalue weighted by atomic mass is 10.00. The minimum absolute atomic E-state index is 0.0907. The zero-order valence-corrected chi connectivity index (χ0v) is 13.0. The summed E-state index contributed by atoms with van der Waals surface area (Å²) in [4.78, 5) is 25.3. The second kappa shape index (κ2) is 6.71. The molecule has 0 fully saturated rings. The van der Waals surface area contributed by atoms with Gasteiger partial charge in [0, 0.05) is 16.9 Å². The van der Waals surface area contributed by atoms with Gasteiger partial charge in [-0.2, -0.15) is 0 Å². The SMILES string of the molecule is O=C(CC1=C(c2ccccc2)CCC1=O)NCc1cccs1. The van der Waals surface area contributed by atoms with Crippen LogP contribution in [0.5, 0.6) is 0 Å². The Labute approximate surface area is 133 Å². The first-order valence-electron chi connectivity index (χ1n) is 7.34. The van der Waals surface area contributed by atoms with Gasteiger partial charge in [-0.05, 0) is 29.0 Å². The van der Waals surface area contributed by atoms with Crippen LogP contribution < -0.4 is 5.32 Å². The topological polar surface area (TPSA) is 46.2 Å². The standard InChI is InChI=1S/C18H17NO2S/c20-17-9-8-15(13-5-2-1-3-6-13)16(17)11-18(21)19-12-14-7-4-10-22-14/h1-7,10H,8-9,11-12H2,(H,19,21). The molecule has 0 radical (unpaired) electrons. The monoisotopic (exact) mass is 311 g/mol. The van der Waals surface area contributed by atoms with Crippen LogP contribution in [0.15, 0.2) is 53.4 Å². The van der Waals surface area contributed by atoms with Crippen molar-refractivity contribution in [2.75, 3.05) is 0 Å². The molecular formula is C18H17NO2S. The molecule has 0 unspecified atom stereocenters. The maximum Gasteiger partial charge on any atom is 0.224 e. The van der Waals surface area contributed by atoms with Gasteiger partial charge in [0.15, 0.2) is 5.78 Å². The van der Waals surface area contributed by atoms with E-state index in [1.165, 1.54) is 0 Å². The zero-order valence-electron chi connectivity index (χ0n) is 12.2. The van der Waals surface area contributed by atoms with Crippen molar-refractivity contribution in [3.05, 3.63) is 63.9 Å². The normalized spacial score (nSPS) is 14.5. The molecule has 1 aliphatic carbocycles. The van der Waals surface area contributed by atoms with Crippen molar-refractivity contribution < 1.29 is 9.59 Å². The number of carbonyl (C=O) groups is 2. The quantitative estimate of drug-likeness (QED) is 0.917. The number of carbonyl (C=O) groups excluding carboxylic acids is 2. The number of ketones is 1. The maximum atomic E-state index is 12.1. The summed E-state index contributed by atoms with van der Waals surface area (Å²) in [6.45, 7) is 0.526. The summed E-state index contributed by atoms with van der Waals surface area (Å²) in [5.41, 5.74) is 2.75. The summed E-state index contributed by atoms with van der Waals surface area (Å²) in [6.07, 6.45) is 1.42. The Morgan fingerprint density at radius 3 is 2.64 bits per heavy atom. The molecule has 3 rings (SSSR count). The molecule has 1 N–H and O–H groups in total. The number of rotatable bonds is 5. The fraction of sp³-hybridized carbons (Fsp3) is 0.222. The Kier molecular flexibility index (Phi) is 4.49. The lowest BCUT2D eigenvalue weighted by molar-refractivity contribution is -0.122. The first-order chi connectivity index (χ1) is 10.7. The predicted molar refractivity (Wildman–Crippen MR) is 88.4 cm³/mol. The number of hydrogen-bond donors (Lipinski definition) is 1. The van der Waals surface area contributed by atoms with Crippen molar-refractivity contribution in [2.24, 2.45) is 0 Å². The van der Waals surface area contributed by atoms with E-state index in [1.54, 1.807) is 11.3 Å². The first kappa shape index (κ1) is 14.7. The van der Waals surface area contributed by atoms with Crippen molar-refractivity contribution >= 4 is 28.6 Å². The van der Waals surface area contributed by atoms with E-state index >= 15 is 0 Å². The lowest BCUT2D eigenvalue weighted by Crippen LogP contribution is -2.23. The molecule has 0 bridgehead atoms. The van der Waals surface area contributed by atoms with Crippen molar-refractivity contribution in [1.82, 2.24) is 5.32 Å². The van der Waals surface area contributed by atoms with E-state index in [0.29, 0.717) is 18.5 Å². The van der Waals surface area contributed by atoms with Gasteiger partial charge in [0.05, 0.1) is 13.0 Å². The summed E-state index contributed by atoms with van der Waals surface area (Å²) < 4.78 is 0. The van der Waals surface area contributed by atoms with Gasteiger partial charge >= 0.3 is 0 Å². The van der Waals surface area contributed by atoms with E-state index in [0.717, 1.165) is 22.4 Å². The van der Waals surface area contributed by atoms with E-state index in [4.69, 9.17) is 0 Å². The van der Waals surface area contributed by atoms with E-state index in [9.17, 15) is 9.59 Å². The number of hydrogen-bond acceptors (Lipinski definition) is 3. The van der Waals surface area contributed by atoms with E-state index < -0.39 is 0 Å². The van der Waals surface area contributed by atoms with Gasteiger partial charge in [-0.1, -0.05) is 36.4 Å². The average Bonchev–Trinajstić information content (AvgIpc) is 3.17. The fourth-order valence-corrected chi connectivity index (χ4v) is 3.34. The molecule has 0 atom stereocenters. The van der Waals surface area contributed by atoms with Crippen LogP contribution in [0.4, 0.5) is 0 Å². The van der Waals surface area contributed by atoms with Crippen LogP contribution in [-0.2, 0) is 16.1 Å². The highest BCUT2D eigenvalue weighted by atomic mass is 32.1. The predicted octanol–water partition coefficient (Wildman–Crippen LogP) is 3.57. The summed E-state index contributed by atoms with van der Waals surface area (Å²) in [7, 11) is 0. The molecule has 0 saturated heterocycles. The Hall–Kier alpha value is -2.20. The molecule has 1 heterocycles. The van der Waals surface area contributed by atoms with Gasteiger partial charge in [-0.25, -0.2) is 0 Å². The Morgan fingerprint density at radius 1 is 1.09 bits per heavy atom. The molecule has 1 amide bonds. The van der Waals surface area contributed by atoms with Crippen LogP contribution in [0.2, 0.25) is 0 Å². The fourth-order valence-electron chi connectivity index (χ4n) is 2.69. The van der Waals surface area contributed by atoms with Crippen LogP contribution in [0.1, 0.15) is 29.7 Å². The number of amides is 1. The van der Waals surface area contributed by atoms with E-state index in [1.807, 2.05) is 47.8 Å². The Bertz CT molecular complexity index is 702. The molecular weight excluding hydrogens is 294 g/mol. The van der Waals surface area contributed by atoms with Crippen LogP contribution in [0.25, 0.3) is 5.57 Å². The molecule has 3 nitrogen and oxygen atoms in total. The highest BCUT2D eigenvalue weighted by Gasteiger charge is 2.25. The second-order valence-electron chi connectivity index (χ2n) is 5.28. The minimum Gasteiger partial charge on any atom is -0.351 e. The van der Waals surface area contributed by atoms with Gasteiger partial charge in [0.25, 0.3) is 0 Å². The van der Waals surface area contributed by atoms with E-state index in [2.05, 4.69) is 5.32 Å². The maximum absolute atomic E-state index is 12.1. The molecule has 0 spiro atoms. The molecule has 1 aromatic carbocycles. The van der Waals surface area contributed by atoms with Crippen molar-refractivity contribution in [2.45, 2.75) is 25.8 Å². The third-order valence-electron chi connectivity index (χ3n) is 3.80. The first-order valence-corrected chi connectivity index (χ1v) is 8.22. The molecule has 112 valence electrons.